The molecule has 160 valence electrons. The molecule has 0 fully saturated rings. The topological polar surface area (TPSA) is 83.6 Å². The molecule has 1 unspecified atom stereocenters. The van der Waals surface area contributed by atoms with Crippen LogP contribution >= 0.6 is 11.6 Å². The van der Waals surface area contributed by atoms with E-state index < -0.39 is 28.0 Å². The minimum Gasteiger partial charge on any atom is -0.345 e. The smallest absolute Gasteiger partial charge is 0.244 e. The summed E-state index contributed by atoms with van der Waals surface area (Å²) < 4.78 is 27.7. The lowest BCUT2D eigenvalue weighted by molar-refractivity contribution is -0.127. The van der Waals surface area contributed by atoms with Crippen molar-refractivity contribution in [1.82, 2.24) is 9.62 Å². The maximum atomic E-state index is 13.2. The van der Waals surface area contributed by atoms with Crippen LogP contribution in [0.5, 0.6) is 0 Å². The summed E-state index contributed by atoms with van der Waals surface area (Å²) in [5, 5.41) is 3.14. The molecule has 0 bridgehead atoms. The van der Waals surface area contributed by atoms with Crippen molar-refractivity contribution in [3.63, 3.8) is 0 Å². The Kier molecular flexibility index (Phi) is 6.95. The first-order chi connectivity index (χ1) is 14.2. The number of halogens is 1. The number of nitrogens with one attached hydrogen (secondary N) is 1. The molecule has 1 aliphatic rings. The monoisotopic (exact) mass is 448 g/mol. The number of fused-ring (bicyclic) bond motifs is 1. The van der Waals surface area contributed by atoms with Crippen LogP contribution in [0.15, 0.2) is 53.4 Å². The number of nitrogens with zero attached hydrogens (tertiary/aromatic N) is 1. The van der Waals surface area contributed by atoms with Gasteiger partial charge in [0.05, 0.1) is 10.9 Å². The zero-order valence-electron chi connectivity index (χ0n) is 16.9. The summed E-state index contributed by atoms with van der Waals surface area (Å²) in [5.74, 6) is -0.465. The Hall–Kier alpha value is -2.22. The van der Waals surface area contributed by atoms with E-state index in [4.69, 9.17) is 11.6 Å². The summed E-state index contributed by atoms with van der Waals surface area (Å²) in [6, 6.07) is 12.3. The molecule has 0 radical (unpaired) electrons. The molecule has 1 aliphatic heterocycles. The van der Waals surface area contributed by atoms with Crippen LogP contribution in [0.2, 0.25) is 5.02 Å². The van der Waals surface area contributed by atoms with Gasteiger partial charge >= 0.3 is 0 Å². The Balaban J connectivity index is 1.89. The van der Waals surface area contributed by atoms with E-state index in [9.17, 15) is 18.0 Å². The zero-order valence-corrected chi connectivity index (χ0v) is 18.5. The van der Waals surface area contributed by atoms with Crippen LogP contribution in [-0.4, -0.2) is 43.5 Å². The second kappa shape index (κ2) is 9.29. The van der Waals surface area contributed by atoms with Crippen LogP contribution in [0.3, 0.4) is 0 Å². The number of sulfonamides is 1. The van der Waals surface area contributed by atoms with Crippen molar-refractivity contribution >= 4 is 33.8 Å². The van der Waals surface area contributed by atoms with Gasteiger partial charge in [-0.05, 0) is 48.1 Å². The highest BCUT2D eigenvalue weighted by molar-refractivity contribution is 7.89. The summed E-state index contributed by atoms with van der Waals surface area (Å²) in [7, 11) is -3.86. The highest BCUT2D eigenvalue weighted by atomic mass is 35.5. The minimum atomic E-state index is -3.86. The molecule has 0 saturated carbocycles. The van der Waals surface area contributed by atoms with Gasteiger partial charge in [-0.2, -0.15) is 4.31 Å². The fraction of sp³-hybridized carbons (Fsp3) is 0.364. The van der Waals surface area contributed by atoms with E-state index in [-0.39, 0.29) is 23.8 Å². The summed E-state index contributed by atoms with van der Waals surface area (Å²) in [4.78, 5) is 24.9. The molecule has 2 aromatic carbocycles. The Morgan fingerprint density at radius 2 is 1.93 bits per heavy atom. The fourth-order valence-electron chi connectivity index (χ4n) is 3.65. The molecule has 0 aromatic heterocycles. The van der Waals surface area contributed by atoms with Gasteiger partial charge in [-0.3, -0.25) is 4.79 Å². The zero-order chi connectivity index (χ0) is 21.9. The first-order valence-corrected chi connectivity index (χ1v) is 11.6. The van der Waals surface area contributed by atoms with Crippen molar-refractivity contribution in [3.8, 4) is 0 Å². The highest BCUT2D eigenvalue weighted by Crippen LogP contribution is 2.32. The first-order valence-electron chi connectivity index (χ1n) is 9.82. The predicted molar refractivity (Wildman–Crippen MR) is 116 cm³/mol. The van der Waals surface area contributed by atoms with E-state index in [1.807, 2.05) is 44.2 Å². The van der Waals surface area contributed by atoms with Crippen LogP contribution in [0.4, 0.5) is 0 Å². The molecule has 8 heteroatoms. The minimum absolute atomic E-state index is 0.0233. The second-order valence-electron chi connectivity index (χ2n) is 7.88. The molecule has 0 aliphatic carbocycles. The van der Waals surface area contributed by atoms with Crippen molar-refractivity contribution in [2.45, 2.75) is 43.7 Å². The van der Waals surface area contributed by atoms with E-state index >= 15 is 0 Å². The molecule has 1 heterocycles. The molecule has 30 heavy (non-hydrogen) atoms. The number of aldehydes is 1. The van der Waals surface area contributed by atoms with Gasteiger partial charge in [-0.15, -0.1) is 0 Å². The SMILES string of the molecule is CC(C)CN1C(C(=O)N[C@H](C=O)Cc2ccccc2)Cc2cc(Cl)ccc2S1(=O)=O. The Morgan fingerprint density at radius 1 is 1.23 bits per heavy atom. The average Bonchev–Trinajstić information content (AvgIpc) is 2.69. The van der Waals surface area contributed by atoms with Crippen LogP contribution in [0.1, 0.15) is 25.0 Å². The lowest BCUT2D eigenvalue weighted by Gasteiger charge is -2.36. The van der Waals surface area contributed by atoms with E-state index in [0.717, 1.165) is 5.56 Å². The normalized spacial score (nSPS) is 19.1. The number of benzene rings is 2. The largest absolute Gasteiger partial charge is 0.345 e. The highest BCUT2D eigenvalue weighted by Gasteiger charge is 2.42. The average molecular weight is 449 g/mol. The standard InChI is InChI=1S/C22H25ClN2O4S/c1-15(2)13-25-20(12-17-11-18(23)8-9-21(17)30(25,28)29)22(27)24-19(14-26)10-16-6-4-3-5-7-16/h3-9,11,14-15,19-20H,10,12-13H2,1-2H3,(H,24,27)/t19-,20?/m0/s1. The first kappa shape index (κ1) is 22.5. The number of carbonyl (C=O) groups is 2. The number of carbonyl (C=O) groups excluding carboxylic acids is 2. The number of rotatable bonds is 7. The van der Waals surface area contributed by atoms with Crippen LogP contribution in [0, 0.1) is 5.92 Å². The second-order valence-corrected chi connectivity index (χ2v) is 10.2. The third kappa shape index (κ3) is 4.91. The molecule has 0 saturated heterocycles. The van der Waals surface area contributed by atoms with Crippen molar-refractivity contribution in [3.05, 3.63) is 64.7 Å². The molecule has 2 atom stereocenters. The quantitative estimate of drug-likeness (QED) is 0.660. The fourth-order valence-corrected chi connectivity index (χ4v) is 5.81. The van der Waals surface area contributed by atoms with Gasteiger partial charge < -0.3 is 10.1 Å². The Labute approximate surface area is 182 Å². The lowest BCUT2D eigenvalue weighted by atomic mass is 10.0. The molecular formula is C22H25ClN2O4S. The van der Waals surface area contributed by atoms with Crippen molar-refractivity contribution in [1.29, 1.82) is 0 Å². The van der Waals surface area contributed by atoms with Crippen molar-refractivity contribution in [2.75, 3.05) is 6.54 Å². The van der Waals surface area contributed by atoms with Crippen LogP contribution in [0.25, 0.3) is 0 Å². The van der Waals surface area contributed by atoms with Gasteiger partial charge in [0.25, 0.3) is 0 Å². The molecule has 1 amide bonds. The van der Waals surface area contributed by atoms with Gasteiger partial charge in [0, 0.05) is 11.6 Å². The molecule has 1 N–H and O–H groups in total. The van der Waals surface area contributed by atoms with Gasteiger partial charge in [0.1, 0.15) is 12.3 Å². The van der Waals surface area contributed by atoms with Crippen molar-refractivity contribution < 1.29 is 18.0 Å². The van der Waals surface area contributed by atoms with Gasteiger partial charge in [-0.25, -0.2) is 8.42 Å². The van der Waals surface area contributed by atoms with E-state index in [0.29, 0.717) is 23.3 Å². The summed E-state index contributed by atoms with van der Waals surface area (Å²) in [5.41, 5.74) is 1.41. The Bertz CT molecular complexity index is 1020. The van der Waals surface area contributed by atoms with Gasteiger partial charge in [-0.1, -0.05) is 55.8 Å². The number of hydrogen-bond donors (Lipinski definition) is 1. The summed E-state index contributed by atoms with van der Waals surface area (Å²) in [6.45, 7) is 3.99. The molecule has 3 rings (SSSR count). The third-order valence-electron chi connectivity index (χ3n) is 5.01. The molecule has 0 spiro atoms. The van der Waals surface area contributed by atoms with E-state index in [2.05, 4.69) is 5.32 Å². The molecule has 2 aromatic rings. The van der Waals surface area contributed by atoms with Gasteiger partial charge in [0.2, 0.25) is 15.9 Å². The van der Waals surface area contributed by atoms with E-state index in [1.165, 1.54) is 16.4 Å². The maximum Gasteiger partial charge on any atom is 0.244 e. The Morgan fingerprint density at radius 3 is 2.57 bits per heavy atom. The summed E-state index contributed by atoms with van der Waals surface area (Å²) in [6.07, 6.45) is 1.21. The maximum absolute atomic E-state index is 13.2. The van der Waals surface area contributed by atoms with Crippen molar-refractivity contribution in [2.24, 2.45) is 5.92 Å². The van der Waals surface area contributed by atoms with Gasteiger partial charge in [0.15, 0.2) is 0 Å². The predicted octanol–water partition coefficient (Wildman–Crippen LogP) is 2.84. The molecule has 6 nitrogen and oxygen atoms in total. The number of hydrogen-bond acceptors (Lipinski definition) is 4. The summed E-state index contributed by atoms with van der Waals surface area (Å²) >= 11 is 6.06. The third-order valence-corrected chi connectivity index (χ3v) is 7.22. The van der Waals surface area contributed by atoms with E-state index in [1.54, 1.807) is 6.07 Å². The van der Waals surface area contributed by atoms with Crippen LogP contribution in [-0.2, 0) is 32.5 Å². The molecular weight excluding hydrogens is 424 g/mol. The number of amides is 1. The lowest BCUT2D eigenvalue weighted by Crippen LogP contribution is -2.56. The van der Waals surface area contributed by atoms with Crippen LogP contribution < -0.4 is 5.32 Å².